The smallest absolute Gasteiger partial charge is 0.273 e. The van der Waals surface area contributed by atoms with E-state index in [0.29, 0.717) is 17.7 Å². The molecule has 1 amide bonds. The first-order valence-electron chi connectivity index (χ1n) is 6.50. The largest absolute Gasteiger partial charge is 0.348 e. The van der Waals surface area contributed by atoms with Gasteiger partial charge in [0.15, 0.2) is 0 Å². The number of carbonyl (C=O) groups excluding carboxylic acids is 1. The highest BCUT2D eigenvalue weighted by Gasteiger charge is 2.15. The van der Waals surface area contributed by atoms with Crippen LogP contribution in [0.4, 0.5) is 5.69 Å². The van der Waals surface area contributed by atoms with Gasteiger partial charge in [-0.2, -0.15) is 0 Å². The number of rotatable bonds is 4. The normalized spacial score (nSPS) is 14.6. The molecular weight excluding hydrogens is 258 g/mol. The zero-order valence-corrected chi connectivity index (χ0v) is 11.3. The van der Waals surface area contributed by atoms with E-state index in [1.54, 1.807) is 19.1 Å². The van der Waals surface area contributed by atoms with Gasteiger partial charge < -0.3 is 10.6 Å². The average molecular weight is 275 g/mol. The molecule has 0 atom stereocenters. The van der Waals surface area contributed by atoms with Crippen molar-refractivity contribution in [1.82, 2.24) is 10.6 Å². The van der Waals surface area contributed by atoms with Crippen LogP contribution in [0.15, 0.2) is 29.8 Å². The Kier molecular flexibility index (Phi) is 4.47. The molecule has 2 N–H and O–H groups in total. The molecule has 1 heterocycles. The summed E-state index contributed by atoms with van der Waals surface area (Å²) in [7, 11) is 0. The molecule has 6 heteroatoms. The third-order valence-electron chi connectivity index (χ3n) is 3.30. The molecule has 6 nitrogen and oxygen atoms in total. The average Bonchev–Trinajstić information content (AvgIpc) is 2.46. The SMILES string of the molecule is Cc1ccc(C(=O)NCC2=CCNCC2)cc1[N+](=O)[O-]. The van der Waals surface area contributed by atoms with Gasteiger partial charge in [0.2, 0.25) is 0 Å². The Labute approximate surface area is 117 Å². The summed E-state index contributed by atoms with van der Waals surface area (Å²) in [6.07, 6.45) is 2.97. The quantitative estimate of drug-likeness (QED) is 0.496. The van der Waals surface area contributed by atoms with Gasteiger partial charge in [-0.1, -0.05) is 17.7 Å². The van der Waals surface area contributed by atoms with Gasteiger partial charge in [-0.05, 0) is 26.0 Å². The van der Waals surface area contributed by atoms with E-state index < -0.39 is 4.92 Å². The minimum atomic E-state index is -0.471. The number of nitro benzene ring substituents is 1. The van der Waals surface area contributed by atoms with Crippen molar-refractivity contribution in [2.75, 3.05) is 19.6 Å². The van der Waals surface area contributed by atoms with E-state index in [9.17, 15) is 14.9 Å². The second-order valence-corrected chi connectivity index (χ2v) is 4.76. The molecule has 0 spiro atoms. The summed E-state index contributed by atoms with van der Waals surface area (Å²) in [5, 5.41) is 16.9. The second-order valence-electron chi connectivity index (χ2n) is 4.76. The van der Waals surface area contributed by atoms with Crippen LogP contribution >= 0.6 is 0 Å². The van der Waals surface area contributed by atoms with E-state index in [0.717, 1.165) is 19.5 Å². The van der Waals surface area contributed by atoms with E-state index >= 15 is 0 Å². The predicted molar refractivity (Wildman–Crippen MR) is 75.7 cm³/mol. The zero-order chi connectivity index (χ0) is 14.5. The van der Waals surface area contributed by atoms with E-state index in [1.807, 2.05) is 0 Å². The molecule has 0 unspecified atom stereocenters. The van der Waals surface area contributed by atoms with Crippen molar-refractivity contribution in [2.45, 2.75) is 13.3 Å². The summed E-state index contributed by atoms with van der Waals surface area (Å²) in [4.78, 5) is 22.4. The number of nitro groups is 1. The van der Waals surface area contributed by atoms with Crippen molar-refractivity contribution in [3.8, 4) is 0 Å². The molecule has 0 aliphatic carbocycles. The number of hydrogen-bond acceptors (Lipinski definition) is 4. The monoisotopic (exact) mass is 275 g/mol. The molecule has 0 saturated carbocycles. The lowest BCUT2D eigenvalue weighted by atomic mass is 10.1. The summed E-state index contributed by atoms with van der Waals surface area (Å²) >= 11 is 0. The minimum Gasteiger partial charge on any atom is -0.348 e. The molecule has 0 radical (unpaired) electrons. The third kappa shape index (κ3) is 3.42. The number of benzene rings is 1. The lowest BCUT2D eigenvalue weighted by Gasteiger charge is -2.14. The van der Waals surface area contributed by atoms with Crippen molar-refractivity contribution < 1.29 is 9.72 Å². The third-order valence-corrected chi connectivity index (χ3v) is 3.30. The molecule has 1 aliphatic heterocycles. The number of amides is 1. The van der Waals surface area contributed by atoms with E-state index in [2.05, 4.69) is 16.7 Å². The topological polar surface area (TPSA) is 84.3 Å². The van der Waals surface area contributed by atoms with Gasteiger partial charge in [0.05, 0.1) is 4.92 Å². The fourth-order valence-electron chi connectivity index (χ4n) is 2.07. The Bertz CT molecular complexity index is 567. The van der Waals surface area contributed by atoms with Crippen LogP contribution in [-0.2, 0) is 0 Å². The molecular formula is C14H17N3O3. The second kappa shape index (κ2) is 6.29. The van der Waals surface area contributed by atoms with Crippen molar-refractivity contribution >= 4 is 11.6 Å². The van der Waals surface area contributed by atoms with Crippen LogP contribution in [0.5, 0.6) is 0 Å². The van der Waals surface area contributed by atoms with Gasteiger partial charge in [-0.25, -0.2) is 0 Å². The van der Waals surface area contributed by atoms with E-state index in [4.69, 9.17) is 0 Å². The van der Waals surface area contributed by atoms with Crippen LogP contribution < -0.4 is 10.6 Å². The molecule has 106 valence electrons. The molecule has 1 aromatic carbocycles. The van der Waals surface area contributed by atoms with Crippen LogP contribution in [0.25, 0.3) is 0 Å². The van der Waals surface area contributed by atoms with E-state index in [-0.39, 0.29) is 11.6 Å². The summed E-state index contributed by atoms with van der Waals surface area (Å²) in [6, 6.07) is 4.52. The van der Waals surface area contributed by atoms with Crippen molar-refractivity contribution in [3.63, 3.8) is 0 Å². The van der Waals surface area contributed by atoms with Gasteiger partial charge in [0.25, 0.3) is 11.6 Å². The number of aryl methyl sites for hydroxylation is 1. The van der Waals surface area contributed by atoms with Crippen LogP contribution in [0.3, 0.4) is 0 Å². The van der Waals surface area contributed by atoms with Crippen molar-refractivity contribution in [3.05, 3.63) is 51.1 Å². The minimum absolute atomic E-state index is 0.0290. The van der Waals surface area contributed by atoms with Gasteiger partial charge in [-0.15, -0.1) is 0 Å². The van der Waals surface area contributed by atoms with Gasteiger partial charge in [-0.3, -0.25) is 14.9 Å². The predicted octanol–water partition coefficient (Wildman–Crippen LogP) is 1.55. The number of carbonyl (C=O) groups is 1. The first kappa shape index (κ1) is 14.2. The highest BCUT2D eigenvalue weighted by molar-refractivity contribution is 5.95. The van der Waals surface area contributed by atoms with Crippen LogP contribution in [0, 0.1) is 17.0 Å². The van der Waals surface area contributed by atoms with Crippen LogP contribution in [-0.4, -0.2) is 30.5 Å². The Morgan fingerprint density at radius 1 is 1.50 bits per heavy atom. The van der Waals surface area contributed by atoms with Gasteiger partial charge >= 0.3 is 0 Å². The van der Waals surface area contributed by atoms with Crippen LogP contribution in [0.2, 0.25) is 0 Å². The zero-order valence-electron chi connectivity index (χ0n) is 11.3. The number of nitrogens with zero attached hydrogens (tertiary/aromatic N) is 1. The Morgan fingerprint density at radius 2 is 2.30 bits per heavy atom. The molecule has 0 fully saturated rings. The van der Waals surface area contributed by atoms with Crippen molar-refractivity contribution in [1.29, 1.82) is 0 Å². The first-order chi connectivity index (χ1) is 9.58. The lowest BCUT2D eigenvalue weighted by molar-refractivity contribution is -0.385. The lowest BCUT2D eigenvalue weighted by Crippen LogP contribution is -2.29. The molecule has 2 rings (SSSR count). The summed E-state index contributed by atoms with van der Waals surface area (Å²) in [5.74, 6) is -0.285. The van der Waals surface area contributed by atoms with E-state index in [1.165, 1.54) is 11.6 Å². The van der Waals surface area contributed by atoms with Gasteiger partial charge in [0.1, 0.15) is 0 Å². The van der Waals surface area contributed by atoms with Gasteiger partial charge in [0, 0.05) is 30.3 Å². The Morgan fingerprint density at radius 3 is 2.95 bits per heavy atom. The summed E-state index contributed by atoms with van der Waals surface area (Å²) in [6.45, 7) is 3.88. The fraction of sp³-hybridized carbons (Fsp3) is 0.357. The fourth-order valence-corrected chi connectivity index (χ4v) is 2.07. The highest BCUT2D eigenvalue weighted by Crippen LogP contribution is 2.19. The Balaban J connectivity index is 2.03. The first-order valence-corrected chi connectivity index (χ1v) is 6.50. The summed E-state index contributed by atoms with van der Waals surface area (Å²) < 4.78 is 0. The Hall–Kier alpha value is -2.21. The standard InChI is InChI=1S/C14H17N3O3/c1-10-2-3-12(8-13(10)17(19)20)14(18)16-9-11-4-6-15-7-5-11/h2-4,8,15H,5-7,9H2,1H3,(H,16,18). The molecule has 20 heavy (non-hydrogen) atoms. The maximum Gasteiger partial charge on any atom is 0.273 e. The molecule has 1 aromatic rings. The van der Waals surface area contributed by atoms with Crippen LogP contribution in [0.1, 0.15) is 22.3 Å². The summed E-state index contributed by atoms with van der Waals surface area (Å²) in [5.41, 5.74) is 2.02. The molecule has 0 saturated heterocycles. The molecule has 1 aliphatic rings. The highest BCUT2D eigenvalue weighted by atomic mass is 16.6. The number of hydrogen-bond donors (Lipinski definition) is 2. The molecule has 0 aromatic heterocycles. The molecule has 0 bridgehead atoms. The van der Waals surface area contributed by atoms with Crippen molar-refractivity contribution in [2.24, 2.45) is 0 Å². The maximum atomic E-state index is 12.0. The maximum absolute atomic E-state index is 12.0. The number of nitrogens with one attached hydrogen (secondary N) is 2.